The number of carbonyl (C=O) groups excluding carboxylic acids is 3. The van der Waals surface area contributed by atoms with Gasteiger partial charge in [-0.05, 0) is 41.6 Å². The minimum atomic E-state index is -1.32. The number of rotatable bonds is 5. The number of carbonyl (C=O) groups is 3. The van der Waals surface area contributed by atoms with E-state index >= 15 is 0 Å². The van der Waals surface area contributed by atoms with Crippen LogP contribution in [-0.2, 0) is 16.9 Å². The van der Waals surface area contributed by atoms with Crippen LogP contribution in [0.15, 0.2) is 47.4 Å². The Morgan fingerprint density at radius 2 is 1.89 bits per heavy atom. The summed E-state index contributed by atoms with van der Waals surface area (Å²) >= 11 is 1.58. The molecule has 2 aliphatic heterocycles. The van der Waals surface area contributed by atoms with Crippen LogP contribution in [-0.4, -0.2) is 42.7 Å². The van der Waals surface area contributed by atoms with Crippen LogP contribution in [0.4, 0.5) is 4.79 Å². The molecule has 0 unspecified atom stereocenters. The summed E-state index contributed by atoms with van der Waals surface area (Å²) in [6.45, 7) is 0.408. The summed E-state index contributed by atoms with van der Waals surface area (Å²) in [5, 5.41) is 5.05. The molecule has 0 aliphatic carbocycles. The monoisotopic (exact) mass is 397 g/mol. The van der Waals surface area contributed by atoms with E-state index in [9.17, 15) is 14.4 Å². The maximum atomic E-state index is 12.9. The Balaban J connectivity index is 1.68. The zero-order valence-electron chi connectivity index (χ0n) is 15.4. The standard InChI is InChI=1S/C20H19N3O4S/c1-27-14-6-3-12-10-23(17(24)16(12)9-14)11-20(18(25)21-19(26)22-20)13-4-7-15(28-2)8-5-13/h3-9H,10-11H2,1-2H3,(H2,21,22,25,26)/t20-/m1/s1. The number of hydrogen-bond acceptors (Lipinski definition) is 5. The molecule has 2 aliphatic rings. The molecule has 4 rings (SSSR count). The highest BCUT2D eigenvalue weighted by atomic mass is 32.2. The molecule has 2 N–H and O–H groups in total. The van der Waals surface area contributed by atoms with Gasteiger partial charge in [0, 0.05) is 17.0 Å². The van der Waals surface area contributed by atoms with Crippen LogP contribution in [0.3, 0.4) is 0 Å². The van der Waals surface area contributed by atoms with E-state index in [0.29, 0.717) is 23.4 Å². The highest BCUT2D eigenvalue weighted by molar-refractivity contribution is 7.98. The first-order chi connectivity index (χ1) is 13.5. The summed E-state index contributed by atoms with van der Waals surface area (Å²) in [6, 6.07) is 12.2. The first-order valence-corrected chi connectivity index (χ1v) is 9.93. The molecule has 1 atom stereocenters. The second-order valence-corrected chi connectivity index (χ2v) is 7.61. The molecule has 7 nitrogen and oxygen atoms in total. The van der Waals surface area contributed by atoms with Gasteiger partial charge in [-0.15, -0.1) is 11.8 Å². The molecule has 4 amide bonds. The topological polar surface area (TPSA) is 87.7 Å². The average Bonchev–Trinajstić information content (AvgIpc) is 3.17. The predicted molar refractivity (Wildman–Crippen MR) is 104 cm³/mol. The zero-order chi connectivity index (χ0) is 19.9. The molecule has 2 aromatic carbocycles. The fraction of sp³-hybridized carbons (Fsp3) is 0.250. The summed E-state index contributed by atoms with van der Waals surface area (Å²) in [6.07, 6.45) is 1.96. The average molecular weight is 397 g/mol. The van der Waals surface area contributed by atoms with Crippen molar-refractivity contribution in [3.05, 3.63) is 59.2 Å². The van der Waals surface area contributed by atoms with E-state index in [4.69, 9.17) is 4.74 Å². The van der Waals surface area contributed by atoms with Crippen LogP contribution < -0.4 is 15.4 Å². The van der Waals surface area contributed by atoms with Crippen LogP contribution in [0.2, 0.25) is 0 Å². The Labute approximate surface area is 166 Å². The molecule has 8 heteroatoms. The maximum absolute atomic E-state index is 12.9. The van der Waals surface area contributed by atoms with Gasteiger partial charge in [0.25, 0.3) is 11.8 Å². The fourth-order valence-corrected chi connectivity index (χ4v) is 4.06. The lowest BCUT2D eigenvalue weighted by Gasteiger charge is -2.31. The number of thioether (sulfide) groups is 1. The molecule has 0 spiro atoms. The first kappa shape index (κ1) is 18.4. The number of ether oxygens (including phenoxy) is 1. The Bertz CT molecular complexity index is 976. The summed E-state index contributed by atoms with van der Waals surface area (Å²) in [5.74, 6) is -0.0538. The maximum Gasteiger partial charge on any atom is 0.322 e. The Kier molecular flexibility index (Phi) is 4.50. The Morgan fingerprint density at radius 3 is 2.50 bits per heavy atom. The van der Waals surface area contributed by atoms with E-state index in [1.54, 1.807) is 35.9 Å². The molecule has 1 saturated heterocycles. The number of nitrogens with one attached hydrogen (secondary N) is 2. The molecule has 2 aromatic rings. The van der Waals surface area contributed by atoms with Gasteiger partial charge in [-0.2, -0.15) is 0 Å². The van der Waals surface area contributed by atoms with E-state index < -0.39 is 17.5 Å². The van der Waals surface area contributed by atoms with Gasteiger partial charge in [0.05, 0.1) is 13.7 Å². The molecule has 144 valence electrons. The number of methoxy groups -OCH3 is 1. The summed E-state index contributed by atoms with van der Waals surface area (Å²) in [5.41, 5.74) is 0.728. The third-order valence-corrected chi connectivity index (χ3v) is 5.89. The SMILES string of the molecule is COc1ccc2c(c1)C(=O)N(C[C@]1(c3ccc(SC)cc3)NC(=O)NC1=O)C2. The summed E-state index contributed by atoms with van der Waals surface area (Å²) in [7, 11) is 1.55. The number of benzene rings is 2. The van der Waals surface area contributed by atoms with Gasteiger partial charge >= 0.3 is 6.03 Å². The van der Waals surface area contributed by atoms with Crippen molar-refractivity contribution in [2.45, 2.75) is 17.0 Å². The van der Waals surface area contributed by atoms with Crippen molar-refractivity contribution in [1.29, 1.82) is 0 Å². The van der Waals surface area contributed by atoms with E-state index in [2.05, 4.69) is 10.6 Å². The van der Waals surface area contributed by atoms with Gasteiger partial charge < -0.3 is 15.0 Å². The Morgan fingerprint density at radius 1 is 1.14 bits per heavy atom. The number of imide groups is 1. The molecule has 0 saturated carbocycles. The van der Waals surface area contributed by atoms with Gasteiger partial charge in [0.1, 0.15) is 5.75 Å². The second-order valence-electron chi connectivity index (χ2n) is 6.73. The molecule has 2 heterocycles. The van der Waals surface area contributed by atoms with Gasteiger partial charge in [0.2, 0.25) is 0 Å². The van der Waals surface area contributed by atoms with Crippen LogP contribution in [0, 0.1) is 0 Å². The highest BCUT2D eigenvalue weighted by Crippen LogP contribution is 2.33. The lowest BCUT2D eigenvalue weighted by atomic mass is 9.89. The van der Waals surface area contributed by atoms with Crippen molar-refractivity contribution >= 4 is 29.6 Å². The van der Waals surface area contributed by atoms with E-state index in [1.807, 2.05) is 36.6 Å². The number of hydrogen-bond donors (Lipinski definition) is 2. The quantitative estimate of drug-likeness (QED) is 0.596. The molecule has 28 heavy (non-hydrogen) atoms. The van der Waals surface area contributed by atoms with Crippen molar-refractivity contribution in [3.63, 3.8) is 0 Å². The van der Waals surface area contributed by atoms with Gasteiger partial charge in [-0.25, -0.2) is 4.79 Å². The first-order valence-electron chi connectivity index (χ1n) is 8.71. The van der Waals surface area contributed by atoms with E-state index in [-0.39, 0.29) is 12.5 Å². The summed E-state index contributed by atoms with van der Waals surface area (Å²) < 4.78 is 5.20. The third kappa shape index (κ3) is 2.90. The highest BCUT2D eigenvalue weighted by Gasteiger charge is 2.50. The van der Waals surface area contributed by atoms with Crippen molar-refractivity contribution in [3.8, 4) is 5.75 Å². The Hall–Kier alpha value is -3.00. The summed E-state index contributed by atoms with van der Waals surface area (Å²) in [4.78, 5) is 40.3. The number of urea groups is 1. The lowest BCUT2D eigenvalue weighted by molar-refractivity contribution is -0.124. The van der Waals surface area contributed by atoms with Gasteiger partial charge in [-0.1, -0.05) is 18.2 Å². The molecular formula is C20H19N3O4S. The third-order valence-electron chi connectivity index (χ3n) is 5.15. The van der Waals surface area contributed by atoms with Crippen LogP contribution in [0.5, 0.6) is 5.75 Å². The molecule has 0 aromatic heterocycles. The molecule has 1 fully saturated rings. The van der Waals surface area contributed by atoms with Crippen LogP contribution >= 0.6 is 11.8 Å². The van der Waals surface area contributed by atoms with Crippen LogP contribution in [0.1, 0.15) is 21.5 Å². The van der Waals surface area contributed by atoms with E-state index in [1.165, 1.54) is 0 Å². The van der Waals surface area contributed by atoms with Crippen LogP contribution in [0.25, 0.3) is 0 Å². The minimum absolute atomic E-state index is 0.0407. The van der Waals surface area contributed by atoms with Crippen molar-refractivity contribution in [1.82, 2.24) is 15.5 Å². The predicted octanol–water partition coefficient (Wildman–Crippen LogP) is 2.11. The smallest absolute Gasteiger partial charge is 0.322 e. The van der Waals surface area contributed by atoms with Gasteiger partial charge in [0.15, 0.2) is 5.54 Å². The minimum Gasteiger partial charge on any atom is -0.497 e. The lowest BCUT2D eigenvalue weighted by Crippen LogP contribution is -2.52. The largest absolute Gasteiger partial charge is 0.497 e. The number of fused-ring (bicyclic) bond motifs is 1. The van der Waals surface area contributed by atoms with Crippen molar-refractivity contribution in [2.24, 2.45) is 0 Å². The molecular weight excluding hydrogens is 378 g/mol. The normalized spacial score (nSPS) is 20.8. The van der Waals surface area contributed by atoms with E-state index in [0.717, 1.165) is 10.5 Å². The van der Waals surface area contributed by atoms with Crippen molar-refractivity contribution in [2.75, 3.05) is 19.9 Å². The second kappa shape index (κ2) is 6.87. The van der Waals surface area contributed by atoms with Crippen molar-refractivity contribution < 1.29 is 19.1 Å². The number of amides is 4. The molecule has 0 bridgehead atoms. The molecule has 0 radical (unpaired) electrons. The fourth-order valence-electron chi connectivity index (χ4n) is 3.65. The number of nitrogens with zero attached hydrogens (tertiary/aromatic N) is 1. The van der Waals surface area contributed by atoms with Gasteiger partial charge in [-0.3, -0.25) is 14.9 Å². The zero-order valence-corrected chi connectivity index (χ0v) is 16.3.